The summed E-state index contributed by atoms with van der Waals surface area (Å²) < 4.78 is 36.1. The van der Waals surface area contributed by atoms with E-state index in [1.54, 1.807) is 5.43 Å². The van der Waals surface area contributed by atoms with Crippen molar-refractivity contribution in [1.29, 1.82) is 0 Å². The van der Waals surface area contributed by atoms with Gasteiger partial charge in [-0.15, -0.1) is 0 Å². The number of nitrogens with zero attached hydrogens (tertiary/aromatic N) is 1. The molecule has 0 aliphatic heterocycles. The van der Waals surface area contributed by atoms with E-state index in [4.69, 9.17) is 5.84 Å². The molecular formula is C7H6F3N3O. The summed E-state index contributed by atoms with van der Waals surface area (Å²) in [5, 5.41) is 0. The van der Waals surface area contributed by atoms with E-state index in [1.165, 1.54) is 0 Å². The molecule has 0 atom stereocenters. The number of carbonyl (C=O) groups is 1. The third kappa shape index (κ3) is 2.19. The van der Waals surface area contributed by atoms with Gasteiger partial charge in [-0.3, -0.25) is 15.2 Å². The number of nitrogens with two attached hydrogens (primary N) is 1. The van der Waals surface area contributed by atoms with Crippen molar-refractivity contribution in [2.45, 2.75) is 6.18 Å². The molecule has 0 aliphatic carbocycles. The van der Waals surface area contributed by atoms with E-state index in [9.17, 15) is 18.0 Å². The van der Waals surface area contributed by atoms with E-state index in [-0.39, 0.29) is 5.69 Å². The predicted octanol–water partition coefficient (Wildman–Crippen LogP) is 0.704. The summed E-state index contributed by atoms with van der Waals surface area (Å²) >= 11 is 0. The van der Waals surface area contributed by atoms with Gasteiger partial charge in [-0.2, -0.15) is 13.2 Å². The molecule has 1 amide bonds. The van der Waals surface area contributed by atoms with Gasteiger partial charge < -0.3 is 0 Å². The number of pyridine rings is 1. The molecule has 0 spiro atoms. The quantitative estimate of drug-likeness (QED) is 0.403. The number of alkyl halides is 3. The van der Waals surface area contributed by atoms with Crippen LogP contribution in [0.1, 0.15) is 16.1 Å². The number of carbonyl (C=O) groups excluding carboxylic acids is 1. The monoisotopic (exact) mass is 205 g/mol. The third-order valence-electron chi connectivity index (χ3n) is 1.45. The van der Waals surface area contributed by atoms with Crippen molar-refractivity contribution in [1.82, 2.24) is 10.4 Å². The molecular weight excluding hydrogens is 199 g/mol. The Hall–Kier alpha value is -1.63. The average molecular weight is 205 g/mol. The average Bonchev–Trinajstić information content (AvgIpc) is 2.15. The molecule has 14 heavy (non-hydrogen) atoms. The van der Waals surface area contributed by atoms with Crippen LogP contribution >= 0.6 is 0 Å². The van der Waals surface area contributed by atoms with Crippen molar-refractivity contribution in [3.05, 3.63) is 29.6 Å². The van der Waals surface area contributed by atoms with Crippen LogP contribution in [0.5, 0.6) is 0 Å². The van der Waals surface area contributed by atoms with E-state index < -0.39 is 17.6 Å². The van der Waals surface area contributed by atoms with Crippen LogP contribution in [0.3, 0.4) is 0 Å². The summed E-state index contributed by atoms with van der Waals surface area (Å²) in [5.41, 5.74) is 0.680. The Balaban J connectivity index is 2.95. The van der Waals surface area contributed by atoms with Crippen molar-refractivity contribution in [3.63, 3.8) is 0 Å². The summed E-state index contributed by atoms with van der Waals surface area (Å²) in [5.74, 6) is 4.03. The minimum Gasteiger partial charge on any atom is -0.289 e. The Bertz CT molecular complexity index is 333. The molecule has 1 rings (SSSR count). The molecule has 1 aromatic heterocycles. The zero-order valence-electron chi connectivity index (χ0n) is 6.80. The molecule has 1 heterocycles. The fourth-order valence-corrected chi connectivity index (χ4v) is 0.770. The van der Waals surface area contributed by atoms with E-state index in [2.05, 4.69) is 4.98 Å². The Kier molecular flexibility index (Phi) is 2.70. The van der Waals surface area contributed by atoms with Crippen molar-refractivity contribution in [2.75, 3.05) is 0 Å². The second-order valence-electron chi connectivity index (χ2n) is 2.40. The van der Waals surface area contributed by atoms with Gasteiger partial charge in [0.15, 0.2) is 0 Å². The van der Waals surface area contributed by atoms with E-state index in [1.807, 2.05) is 0 Å². The lowest BCUT2D eigenvalue weighted by Crippen LogP contribution is -2.30. The Labute approximate surface area is 76.9 Å². The SMILES string of the molecule is NNC(=O)c1ccc(C(F)(F)F)cn1. The molecule has 0 aromatic carbocycles. The molecule has 0 aliphatic rings. The van der Waals surface area contributed by atoms with Crippen LogP contribution in [0.15, 0.2) is 18.3 Å². The fourth-order valence-electron chi connectivity index (χ4n) is 0.770. The van der Waals surface area contributed by atoms with Gasteiger partial charge in [0.05, 0.1) is 5.56 Å². The van der Waals surface area contributed by atoms with Gasteiger partial charge in [-0.05, 0) is 12.1 Å². The molecule has 1 aromatic rings. The van der Waals surface area contributed by atoms with Crippen molar-refractivity contribution >= 4 is 5.91 Å². The number of halogens is 3. The summed E-state index contributed by atoms with van der Waals surface area (Å²) in [4.78, 5) is 14.1. The van der Waals surface area contributed by atoms with Crippen molar-refractivity contribution in [2.24, 2.45) is 5.84 Å². The van der Waals surface area contributed by atoms with Gasteiger partial charge in [-0.1, -0.05) is 0 Å². The maximum atomic E-state index is 12.0. The molecule has 4 nitrogen and oxygen atoms in total. The maximum Gasteiger partial charge on any atom is 0.417 e. The van der Waals surface area contributed by atoms with Crippen LogP contribution in [0.25, 0.3) is 0 Å². The first kappa shape index (κ1) is 10.5. The molecule has 0 fully saturated rings. The van der Waals surface area contributed by atoms with Gasteiger partial charge >= 0.3 is 6.18 Å². The number of nitrogens with one attached hydrogen (secondary N) is 1. The smallest absolute Gasteiger partial charge is 0.289 e. The molecule has 0 unspecified atom stereocenters. The molecule has 7 heteroatoms. The van der Waals surface area contributed by atoms with E-state index in [0.717, 1.165) is 12.1 Å². The molecule has 0 bridgehead atoms. The highest BCUT2D eigenvalue weighted by Gasteiger charge is 2.30. The summed E-state index contributed by atoms with van der Waals surface area (Å²) in [6.45, 7) is 0. The standard InChI is InChI=1S/C7H6F3N3O/c8-7(9,10)4-1-2-5(12-3-4)6(14)13-11/h1-3H,11H2,(H,13,14). The largest absolute Gasteiger partial charge is 0.417 e. The zero-order chi connectivity index (χ0) is 10.8. The molecule has 0 radical (unpaired) electrons. The van der Waals surface area contributed by atoms with Crippen LogP contribution in [0.2, 0.25) is 0 Å². The van der Waals surface area contributed by atoms with Crippen LogP contribution in [0, 0.1) is 0 Å². The second-order valence-corrected chi connectivity index (χ2v) is 2.40. The normalized spacial score (nSPS) is 11.1. The van der Waals surface area contributed by atoms with Crippen LogP contribution in [0.4, 0.5) is 13.2 Å². The number of nitrogen functional groups attached to an aromatic ring is 1. The van der Waals surface area contributed by atoms with Crippen molar-refractivity contribution in [3.8, 4) is 0 Å². The summed E-state index contributed by atoms with van der Waals surface area (Å²) in [7, 11) is 0. The highest BCUT2D eigenvalue weighted by molar-refractivity contribution is 5.91. The minimum absolute atomic E-state index is 0.166. The van der Waals surface area contributed by atoms with Crippen LogP contribution in [-0.2, 0) is 6.18 Å². The third-order valence-corrected chi connectivity index (χ3v) is 1.45. The maximum absolute atomic E-state index is 12.0. The first-order valence-corrected chi connectivity index (χ1v) is 3.49. The number of hydrogen-bond donors (Lipinski definition) is 2. The number of rotatable bonds is 1. The summed E-state index contributed by atoms with van der Waals surface area (Å²) in [6.07, 6.45) is -3.88. The number of hydrazine groups is 1. The topological polar surface area (TPSA) is 68.0 Å². The van der Waals surface area contributed by atoms with Gasteiger partial charge in [0.1, 0.15) is 5.69 Å². The van der Waals surface area contributed by atoms with Gasteiger partial charge in [0.2, 0.25) is 0 Å². The number of hydrogen-bond acceptors (Lipinski definition) is 3. The molecule has 0 saturated carbocycles. The van der Waals surface area contributed by atoms with E-state index >= 15 is 0 Å². The second kappa shape index (κ2) is 3.62. The number of aromatic nitrogens is 1. The van der Waals surface area contributed by atoms with Gasteiger partial charge in [0, 0.05) is 6.20 Å². The molecule has 76 valence electrons. The zero-order valence-corrected chi connectivity index (χ0v) is 6.80. The van der Waals surface area contributed by atoms with E-state index in [0.29, 0.717) is 6.20 Å². The Morgan fingerprint density at radius 2 is 2.07 bits per heavy atom. The Morgan fingerprint density at radius 1 is 1.43 bits per heavy atom. The fraction of sp³-hybridized carbons (Fsp3) is 0.143. The van der Waals surface area contributed by atoms with Crippen molar-refractivity contribution < 1.29 is 18.0 Å². The Morgan fingerprint density at radius 3 is 2.43 bits per heavy atom. The minimum atomic E-state index is -4.45. The summed E-state index contributed by atoms with van der Waals surface area (Å²) in [6, 6.07) is 1.71. The highest BCUT2D eigenvalue weighted by Crippen LogP contribution is 2.28. The van der Waals surface area contributed by atoms with Crippen LogP contribution < -0.4 is 11.3 Å². The first-order valence-electron chi connectivity index (χ1n) is 3.49. The lowest BCUT2D eigenvalue weighted by Gasteiger charge is -2.05. The van der Waals surface area contributed by atoms with Gasteiger partial charge in [0.25, 0.3) is 5.91 Å². The number of amides is 1. The van der Waals surface area contributed by atoms with Crippen LogP contribution in [-0.4, -0.2) is 10.9 Å². The molecule has 3 N–H and O–H groups in total. The predicted molar refractivity (Wildman–Crippen MR) is 40.9 cm³/mol. The lowest BCUT2D eigenvalue weighted by molar-refractivity contribution is -0.137. The lowest BCUT2D eigenvalue weighted by atomic mass is 10.2. The first-order chi connectivity index (χ1) is 6.45. The van der Waals surface area contributed by atoms with Gasteiger partial charge in [-0.25, -0.2) is 5.84 Å². The molecule has 0 saturated heterocycles. The highest BCUT2D eigenvalue weighted by atomic mass is 19.4.